The monoisotopic (exact) mass is 581 g/mol. The summed E-state index contributed by atoms with van der Waals surface area (Å²) in [6.07, 6.45) is 0. The quantitative estimate of drug-likeness (QED) is 0.171. The molecule has 0 fully saturated rings. The molecule has 0 radical (unpaired) electrons. The van der Waals surface area contributed by atoms with Crippen molar-refractivity contribution in [3.63, 3.8) is 0 Å². The van der Waals surface area contributed by atoms with Gasteiger partial charge in [-0.25, -0.2) is 0 Å². The predicted molar refractivity (Wildman–Crippen MR) is 202 cm³/mol. The van der Waals surface area contributed by atoms with Crippen molar-refractivity contribution < 1.29 is 0 Å². The van der Waals surface area contributed by atoms with Crippen molar-refractivity contribution in [2.24, 2.45) is 0 Å². The Kier molecular flexibility index (Phi) is 30.4. The van der Waals surface area contributed by atoms with Crippen LogP contribution in [0.15, 0.2) is 133 Å². The maximum Gasteiger partial charge on any atom is 0.0158 e. The van der Waals surface area contributed by atoms with E-state index in [0.29, 0.717) is 0 Å². The van der Waals surface area contributed by atoms with Gasteiger partial charge in [-0.05, 0) is 33.0 Å². The molecule has 0 saturated heterocycles. The molecule has 5 aromatic carbocycles. The molecule has 236 valence electrons. The minimum Gasteiger partial charge on any atom is -0.0683 e. The second-order valence-corrected chi connectivity index (χ2v) is 8.22. The summed E-state index contributed by atoms with van der Waals surface area (Å²) in [5, 5.41) is 2.62. The Morgan fingerprint density at radius 2 is 0.488 bits per heavy atom. The Morgan fingerprint density at radius 3 is 0.744 bits per heavy atom. The zero-order chi connectivity index (χ0) is 33.5. The van der Waals surface area contributed by atoms with Gasteiger partial charge in [-0.2, -0.15) is 0 Å². The zero-order valence-corrected chi connectivity index (χ0v) is 30.2. The molecule has 0 unspecified atom stereocenters. The predicted octanol–water partition coefficient (Wildman–Crippen LogP) is 14.7. The highest BCUT2D eigenvalue weighted by atomic mass is 14.4. The van der Waals surface area contributed by atoms with Crippen LogP contribution in [0.3, 0.4) is 0 Å². The molecule has 0 aliphatic heterocycles. The highest BCUT2D eigenvalue weighted by Crippen LogP contribution is 2.47. The van der Waals surface area contributed by atoms with E-state index in [4.69, 9.17) is 0 Å². The summed E-state index contributed by atoms with van der Waals surface area (Å²) in [7, 11) is 0. The van der Waals surface area contributed by atoms with Gasteiger partial charge in [0.1, 0.15) is 0 Å². The van der Waals surface area contributed by atoms with E-state index in [-0.39, 0.29) is 5.41 Å². The van der Waals surface area contributed by atoms with E-state index in [9.17, 15) is 0 Å². The zero-order valence-electron chi connectivity index (χ0n) is 30.2. The average Bonchev–Trinajstić information content (AvgIpc) is 3.38. The fraction of sp³-hybridized carbons (Fsp3) is 0.349. The Balaban J connectivity index is -0.000000500. The minimum atomic E-state index is 0.160. The highest BCUT2D eigenvalue weighted by Gasteiger charge is 2.34. The van der Waals surface area contributed by atoms with Gasteiger partial charge in [0, 0.05) is 5.41 Å². The van der Waals surface area contributed by atoms with Gasteiger partial charge < -0.3 is 0 Å². The van der Waals surface area contributed by atoms with Crippen LogP contribution in [0.1, 0.15) is 108 Å². The van der Waals surface area contributed by atoms with Gasteiger partial charge in [0.25, 0.3) is 0 Å². The highest BCUT2D eigenvalue weighted by molar-refractivity contribution is 5.82. The van der Waals surface area contributed by atoms with Crippen molar-refractivity contribution in [1.29, 1.82) is 0 Å². The van der Waals surface area contributed by atoms with Crippen molar-refractivity contribution in [3.8, 4) is 11.1 Å². The third-order valence-electron chi connectivity index (χ3n) is 5.82. The maximum atomic E-state index is 2.30. The lowest BCUT2D eigenvalue weighted by molar-refractivity contribution is 0.660. The minimum absolute atomic E-state index is 0.160. The molecule has 0 bridgehead atoms. The van der Waals surface area contributed by atoms with Gasteiger partial charge in [-0.1, -0.05) is 230 Å². The van der Waals surface area contributed by atoms with Crippen LogP contribution in [-0.4, -0.2) is 0 Å². The summed E-state index contributed by atoms with van der Waals surface area (Å²) in [6.45, 7) is 28.6. The van der Waals surface area contributed by atoms with Gasteiger partial charge in [-0.3, -0.25) is 0 Å². The molecular weight excluding hydrogens is 516 g/mol. The SMILES string of the molecule is CC.CC.CC.CC.CC.CC.CC1(C)c2ccccc2-c2ccccc21.c1ccc2ccccc2c1.c1ccccc1. The van der Waals surface area contributed by atoms with Gasteiger partial charge in [0.05, 0.1) is 0 Å². The average molecular weight is 581 g/mol. The topological polar surface area (TPSA) is 0 Å². The van der Waals surface area contributed by atoms with E-state index in [0.717, 1.165) is 0 Å². The summed E-state index contributed by atoms with van der Waals surface area (Å²) in [6, 6.07) is 46.2. The fourth-order valence-electron chi connectivity index (χ4n) is 4.19. The van der Waals surface area contributed by atoms with Gasteiger partial charge in [0.2, 0.25) is 0 Å². The first-order valence-corrected chi connectivity index (χ1v) is 16.8. The number of rotatable bonds is 0. The molecule has 1 aliphatic rings. The standard InChI is InChI=1S/C15H14.C10H8.C6H6.6C2H6/c1-15(2)13-9-5-3-7-11(13)12-8-4-6-10-14(12)15;1-2-6-10-8-4-3-7-9(10)5-1;1-2-4-6-5-3-1;6*1-2/h3-10H,1-2H3;1-8H;1-6H;6*1-2H3. The molecule has 0 nitrogen and oxygen atoms in total. The van der Waals surface area contributed by atoms with E-state index in [1.54, 1.807) is 0 Å². The number of fused-ring (bicyclic) bond motifs is 4. The smallest absolute Gasteiger partial charge is 0.0158 e. The fourth-order valence-corrected chi connectivity index (χ4v) is 4.19. The summed E-state index contributed by atoms with van der Waals surface area (Å²) in [5.74, 6) is 0. The normalized spacial score (nSPS) is 9.81. The third-order valence-corrected chi connectivity index (χ3v) is 5.82. The third kappa shape index (κ3) is 14.9. The molecule has 0 atom stereocenters. The van der Waals surface area contributed by atoms with E-state index >= 15 is 0 Å². The summed E-state index contributed by atoms with van der Waals surface area (Å²) < 4.78 is 0. The molecule has 0 saturated carbocycles. The number of hydrogen-bond acceptors (Lipinski definition) is 0. The molecule has 5 aromatic rings. The first-order valence-electron chi connectivity index (χ1n) is 16.8. The molecule has 0 heteroatoms. The largest absolute Gasteiger partial charge is 0.0683 e. The molecular formula is C43H64. The lowest BCUT2D eigenvalue weighted by Crippen LogP contribution is -2.14. The molecule has 0 spiro atoms. The van der Waals surface area contributed by atoms with Crippen molar-refractivity contribution in [2.75, 3.05) is 0 Å². The van der Waals surface area contributed by atoms with Crippen molar-refractivity contribution in [3.05, 3.63) is 145 Å². The van der Waals surface area contributed by atoms with E-state index in [1.165, 1.54) is 33.0 Å². The molecule has 0 aromatic heterocycles. The van der Waals surface area contributed by atoms with Crippen LogP contribution in [0.25, 0.3) is 21.9 Å². The molecule has 43 heavy (non-hydrogen) atoms. The van der Waals surface area contributed by atoms with Crippen LogP contribution in [-0.2, 0) is 5.41 Å². The van der Waals surface area contributed by atoms with Crippen LogP contribution >= 0.6 is 0 Å². The Hall–Kier alpha value is -3.64. The molecule has 0 N–H and O–H groups in total. The lowest BCUT2D eigenvalue weighted by Gasteiger charge is -2.20. The van der Waals surface area contributed by atoms with Crippen molar-refractivity contribution in [1.82, 2.24) is 0 Å². The van der Waals surface area contributed by atoms with Crippen LogP contribution in [0.5, 0.6) is 0 Å². The first kappa shape index (κ1) is 43.8. The van der Waals surface area contributed by atoms with Crippen molar-refractivity contribution >= 4 is 10.8 Å². The first-order chi connectivity index (χ1) is 21.2. The van der Waals surface area contributed by atoms with Crippen LogP contribution in [0.2, 0.25) is 0 Å². The van der Waals surface area contributed by atoms with Gasteiger partial charge >= 0.3 is 0 Å². The Labute approximate surface area is 268 Å². The van der Waals surface area contributed by atoms with Crippen LogP contribution in [0.4, 0.5) is 0 Å². The summed E-state index contributed by atoms with van der Waals surface area (Å²) >= 11 is 0. The summed E-state index contributed by atoms with van der Waals surface area (Å²) in [4.78, 5) is 0. The van der Waals surface area contributed by atoms with Crippen LogP contribution in [0, 0.1) is 0 Å². The number of hydrogen-bond donors (Lipinski definition) is 0. The summed E-state index contributed by atoms with van der Waals surface area (Å²) in [5.41, 5.74) is 5.86. The molecule has 0 amide bonds. The maximum absolute atomic E-state index is 2.30. The second-order valence-electron chi connectivity index (χ2n) is 8.22. The van der Waals surface area contributed by atoms with Gasteiger partial charge in [-0.15, -0.1) is 0 Å². The van der Waals surface area contributed by atoms with Crippen LogP contribution < -0.4 is 0 Å². The molecule has 6 rings (SSSR count). The second kappa shape index (κ2) is 29.8. The van der Waals surface area contributed by atoms with Crippen molar-refractivity contribution in [2.45, 2.75) is 102 Å². The van der Waals surface area contributed by atoms with E-state index < -0.39 is 0 Å². The molecule has 1 aliphatic carbocycles. The van der Waals surface area contributed by atoms with E-state index in [1.807, 2.05) is 119 Å². The van der Waals surface area contributed by atoms with E-state index in [2.05, 4.69) is 111 Å². The Bertz CT molecular complexity index is 1110. The number of benzene rings is 5. The Morgan fingerprint density at radius 1 is 0.279 bits per heavy atom. The van der Waals surface area contributed by atoms with Gasteiger partial charge in [0.15, 0.2) is 0 Å². The molecule has 0 heterocycles. The lowest BCUT2D eigenvalue weighted by atomic mass is 9.82.